The highest BCUT2D eigenvalue weighted by atomic mass is 16.6. The number of rotatable bonds is 0. The molecule has 0 bridgehead atoms. The summed E-state index contributed by atoms with van der Waals surface area (Å²) in [4.78, 5) is 18.7. The molecule has 126 valence electrons. The number of piperidine rings is 1. The lowest BCUT2D eigenvalue weighted by atomic mass is 9.79. The smallest absolute Gasteiger partial charge is 0.410 e. The average Bonchev–Trinajstić information content (AvgIpc) is 2.79. The van der Waals surface area contributed by atoms with Gasteiger partial charge in [0.1, 0.15) is 11.2 Å². The van der Waals surface area contributed by atoms with Crippen molar-refractivity contribution in [3.8, 4) is 0 Å². The van der Waals surface area contributed by atoms with Gasteiger partial charge in [-0.1, -0.05) is 13.0 Å². The number of nitrogens with zero attached hydrogens (tertiary/aromatic N) is 2. The molecule has 2 aliphatic rings. The normalized spacial score (nSPS) is 27.2. The highest BCUT2D eigenvalue weighted by Crippen LogP contribution is 2.46. The molecular weight excluding hydrogens is 292 g/mol. The molecule has 1 amide bonds. The van der Waals surface area contributed by atoms with Crippen LogP contribution in [0, 0.1) is 12.8 Å². The van der Waals surface area contributed by atoms with Gasteiger partial charge in [0.15, 0.2) is 0 Å². The van der Waals surface area contributed by atoms with Gasteiger partial charge >= 0.3 is 6.09 Å². The van der Waals surface area contributed by atoms with Crippen LogP contribution >= 0.6 is 0 Å². The Morgan fingerprint density at radius 3 is 2.87 bits per heavy atom. The Hall–Kier alpha value is -1.62. The molecule has 3 heterocycles. The summed E-state index contributed by atoms with van der Waals surface area (Å²) in [7, 11) is 0. The number of ether oxygens (including phenoxy) is 2. The van der Waals surface area contributed by atoms with Gasteiger partial charge in [0.25, 0.3) is 0 Å². The van der Waals surface area contributed by atoms with Crippen molar-refractivity contribution in [1.82, 2.24) is 9.88 Å². The molecule has 1 aromatic rings. The Morgan fingerprint density at radius 2 is 2.22 bits per heavy atom. The number of hydrogen-bond donors (Lipinski definition) is 0. The fraction of sp³-hybridized carbons (Fsp3) is 0.667. The van der Waals surface area contributed by atoms with E-state index in [1.807, 2.05) is 33.9 Å². The number of pyridine rings is 1. The van der Waals surface area contributed by atoms with E-state index in [0.717, 1.165) is 17.7 Å². The van der Waals surface area contributed by atoms with Crippen molar-refractivity contribution in [3.05, 3.63) is 29.1 Å². The summed E-state index contributed by atoms with van der Waals surface area (Å²) in [5.41, 5.74) is 2.57. The molecule has 0 saturated carbocycles. The minimum Gasteiger partial charge on any atom is -0.444 e. The van der Waals surface area contributed by atoms with Crippen LogP contribution in [-0.2, 0) is 21.7 Å². The van der Waals surface area contributed by atoms with E-state index in [1.165, 1.54) is 5.56 Å². The third-order valence-corrected chi connectivity index (χ3v) is 4.68. The monoisotopic (exact) mass is 318 g/mol. The van der Waals surface area contributed by atoms with Gasteiger partial charge in [-0.25, -0.2) is 4.79 Å². The molecule has 1 saturated heterocycles. The topological polar surface area (TPSA) is 51.7 Å². The summed E-state index contributed by atoms with van der Waals surface area (Å²) in [5, 5.41) is 0. The van der Waals surface area contributed by atoms with Gasteiger partial charge < -0.3 is 14.4 Å². The molecule has 23 heavy (non-hydrogen) atoms. The minimum atomic E-state index is -0.467. The van der Waals surface area contributed by atoms with Crippen molar-refractivity contribution in [2.45, 2.75) is 58.8 Å². The molecule has 0 radical (unpaired) electrons. The van der Waals surface area contributed by atoms with E-state index in [-0.39, 0.29) is 17.6 Å². The van der Waals surface area contributed by atoms with E-state index in [0.29, 0.717) is 19.7 Å². The zero-order chi connectivity index (χ0) is 16.8. The summed E-state index contributed by atoms with van der Waals surface area (Å²) >= 11 is 0. The largest absolute Gasteiger partial charge is 0.444 e. The van der Waals surface area contributed by atoms with Crippen LogP contribution in [0.1, 0.15) is 50.9 Å². The lowest BCUT2D eigenvalue weighted by molar-refractivity contribution is -0.116. The third-order valence-electron chi connectivity index (χ3n) is 4.68. The summed E-state index contributed by atoms with van der Waals surface area (Å²) in [5.74, 6) is 0.181. The van der Waals surface area contributed by atoms with E-state index in [2.05, 4.69) is 18.0 Å². The number of fused-ring (bicyclic) bond motifs is 2. The molecule has 5 heteroatoms. The van der Waals surface area contributed by atoms with Crippen LogP contribution in [0.5, 0.6) is 0 Å². The fourth-order valence-corrected chi connectivity index (χ4v) is 3.57. The maximum atomic E-state index is 12.3. The first kappa shape index (κ1) is 16.2. The number of amides is 1. The van der Waals surface area contributed by atoms with Gasteiger partial charge in [0.05, 0.1) is 12.3 Å². The van der Waals surface area contributed by atoms with Crippen molar-refractivity contribution < 1.29 is 14.3 Å². The molecule has 0 N–H and O–H groups in total. The molecule has 2 aliphatic heterocycles. The molecule has 1 aromatic heterocycles. The first-order chi connectivity index (χ1) is 10.7. The third kappa shape index (κ3) is 2.94. The molecule has 0 aliphatic carbocycles. The van der Waals surface area contributed by atoms with Gasteiger partial charge in [-0.2, -0.15) is 0 Å². The van der Waals surface area contributed by atoms with E-state index in [4.69, 9.17) is 9.47 Å². The molecule has 2 unspecified atom stereocenters. The maximum absolute atomic E-state index is 12.3. The van der Waals surface area contributed by atoms with Crippen LogP contribution < -0.4 is 0 Å². The predicted molar refractivity (Wildman–Crippen MR) is 87.0 cm³/mol. The number of carbonyl (C=O) groups is 1. The van der Waals surface area contributed by atoms with Crippen LogP contribution in [0.2, 0.25) is 0 Å². The molecule has 5 nitrogen and oxygen atoms in total. The van der Waals surface area contributed by atoms with Gasteiger partial charge in [0, 0.05) is 37.2 Å². The number of carbonyl (C=O) groups excluding carboxylic acids is 1. The minimum absolute atomic E-state index is 0.181. The fourth-order valence-electron chi connectivity index (χ4n) is 3.57. The van der Waals surface area contributed by atoms with E-state index in [9.17, 15) is 4.79 Å². The summed E-state index contributed by atoms with van der Waals surface area (Å²) in [6.07, 6.45) is 2.42. The van der Waals surface area contributed by atoms with Crippen molar-refractivity contribution >= 4 is 6.09 Å². The molecule has 1 spiro atoms. The standard InChI is InChI=1S/C18H26N2O3/c1-12-8-14-11-22-18(15(14)19-9-12)6-7-20(10-13(18)2)16(21)23-17(3,4)5/h8-9,13H,6-7,10-11H2,1-5H3. The zero-order valence-corrected chi connectivity index (χ0v) is 14.7. The van der Waals surface area contributed by atoms with E-state index in [1.54, 1.807) is 4.90 Å². The highest BCUT2D eigenvalue weighted by molar-refractivity contribution is 5.68. The quantitative estimate of drug-likeness (QED) is 0.736. The van der Waals surface area contributed by atoms with Crippen molar-refractivity contribution in [2.75, 3.05) is 13.1 Å². The number of aryl methyl sites for hydroxylation is 1. The van der Waals surface area contributed by atoms with Crippen LogP contribution in [-0.4, -0.2) is 34.7 Å². The maximum Gasteiger partial charge on any atom is 0.410 e. The van der Waals surface area contributed by atoms with Crippen LogP contribution in [0.3, 0.4) is 0 Å². The SMILES string of the molecule is Cc1cnc2c(c1)COC21CCN(C(=O)OC(C)(C)C)CC1C. The molecular formula is C18H26N2O3. The lowest BCUT2D eigenvalue weighted by Crippen LogP contribution is -2.52. The van der Waals surface area contributed by atoms with Gasteiger partial charge in [-0.3, -0.25) is 4.98 Å². The van der Waals surface area contributed by atoms with Gasteiger partial charge in [-0.05, 0) is 33.3 Å². The Kier molecular flexibility index (Phi) is 3.87. The lowest BCUT2D eigenvalue weighted by Gasteiger charge is -2.43. The van der Waals surface area contributed by atoms with Crippen LogP contribution in [0.25, 0.3) is 0 Å². The number of likely N-dealkylation sites (tertiary alicyclic amines) is 1. The van der Waals surface area contributed by atoms with Gasteiger partial charge in [-0.15, -0.1) is 0 Å². The second kappa shape index (κ2) is 5.48. The molecule has 1 fully saturated rings. The Morgan fingerprint density at radius 1 is 1.48 bits per heavy atom. The molecule has 0 aromatic carbocycles. The predicted octanol–water partition coefficient (Wildman–Crippen LogP) is 3.39. The van der Waals surface area contributed by atoms with Crippen molar-refractivity contribution in [1.29, 1.82) is 0 Å². The first-order valence-electron chi connectivity index (χ1n) is 8.29. The van der Waals surface area contributed by atoms with Crippen molar-refractivity contribution in [2.24, 2.45) is 5.92 Å². The van der Waals surface area contributed by atoms with Crippen LogP contribution in [0.4, 0.5) is 4.79 Å². The average molecular weight is 318 g/mol. The van der Waals surface area contributed by atoms with Crippen LogP contribution in [0.15, 0.2) is 12.3 Å². The second-order valence-electron chi connectivity index (χ2n) is 7.78. The number of hydrogen-bond acceptors (Lipinski definition) is 4. The zero-order valence-electron chi connectivity index (χ0n) is 14.7. The van der Waals surface area contributed by atoms with Gasteiger partial charge in [0.2, 0.25) is 0 Å². The summed E-state index contributed by atoms with van der Waals surface area (Å²) in [6, 6.07) is 2.16. The van der Waals surface area contributed by atoms with E-state index < -0.39 is 5.60 Å². The summed E-state index contributed by atoms with van der Waals surface area (Å²) in [6.45, 7) is 11.7. The summed E-state index contributed by atoms with van der Waals surface area (Å²) < 4.78 is 11.7. The second-order valence-corrected chi connectivity index (χ2v) is 7.78. The number of aromatic nitrogens is 1. The first-order valence-corrected chi connectivity index (χ1v) is 8.29. The Bertz CT molecular complexity index is 623. The Labute approximate surface area is 138 Å². The van der Waals surface area contributed by atoms with Crippen molar-refractivity contribution in [3.63, 3.8) is 0 Å². The molecule has 3 rings (SSSR count). The Balaban J connectivity index is 1.77. The van der Waals surface area contributed by atoms with E-state index >= 15 is 0 Å². The molecule has 2 atom stereocenters. The highest BCUT2D eigenvalue weighted by Gasteiger charge is 2.49.